The van der Waals surface area contributed by atoms with Crippen molar-refractivity contribution >= 4 is 34.7 Å². The third kappa shape index (κ3) is 5.09. The van der Waals surface area contributed by atoms with Crippen LogP contribution in [0, 0.1) is 0 Å². The average molecular weight is 345 g/mol. The van der Waals surface area contributed by atoms with E-state index in [1.54, 1.807) is 0 Å². The third-order valence-electron chi connectivity index (χ3n) is 2.83. The van der Waals surface area contributed by atoms with E-state index < -0.39 is 46.8 Å². The van der Waals surface area contributed by atoms with Crippen LogP contribution in [0.4, 0.5) is 0 Å². The third-order valence-corrected chi connectivity index (χ3v) is 3.65. The molecule has 4 N–H and O–H groups in total. The van der Waals surface area contributed by atoms with Crippen molar-refractivity contribution in [1.82, 2.24) is 14.9 Å². The standard InChI is InChI=1S/C12H15N3O7S/c1-2-23(22)14-7(11(18)19)5-13-6-8(12(20)21)15-9(16)3-4-10(15)17/h2-4,7-8,13-14H,1,5-6H2,(H,18,19)(H,20,21). The van der Waals surface area contributed by atoms with Gasteiger partial charge in [-0.3, -0.25) is 19.3 Å². The summed E-state index contributed by atoms with van der Waals surface area (Å²) < 4.78 is 13.5. The fourth-order valence-corrected chi connectivity index (χ4v) is 2.30. The van der Waals surface area contributed by atoms with Crippen LogP contribution < -0.4 is 10.0 Å². The Morgan fingerprint density at radius 2 is 1.78 bits per heavy atom. The van der Waals surface area contributed by atoms with Crippen molar-refractivity contribution in [2.75, 3.05) is 13.1 Å². The molecule has 10 nitrogen and oxygen atoms in total. The second-order valence-corrected chi connectivity index (χ2v) is 5.53. The molecule has 126 valence electrons. The quantitative estimate of drug-likeness (QED) is 0.326. The van der Waals surface area contributed by atoms with Crippen molar-refractivity contribution in [2.24, 2.45) is 0 Å². The monoisotopic (exact) mass is 345 g/mol. The zero-order valence-corrected chi connectivity index (χ0v) is 12.6. The van der Waals surface area contributed by atoms with Gasteiger partial charge in [0.05, 0.1) is 0 Å². The summed E-state index contributed by atoms with van der Waals surface area (Å²) in [5.74, 6) is -4.25. The number of imide groups is 1. The highest BCUT2D eigenvalue weighted by molar-refractivity contribution is 7.86. The molecule has 0 aromatic rings. The zero-order valence-electron chi connectivity index (χ0n) is 11.8. The number of carboxylic acids is 2. The summed E-state index contributed by atoms with van der Waals surface area (Å²) in [5.41, 5.74) is 0. The summed E-state index contributed by atoms with van der Waals surface area (Å²) >= 11 is 0. The topological polar surface area (TPSA) is 153 Å². The van der Waals surface area contributed by atoms with Gasteiger partial charge in [-0.25, -0.2) is 13.7 Å². The second-order valence-electron chi connectivity index (χ2n) is 4.36. The molecule has 23 heavy (non-hydrogen) atoms. The summed E-state index contributed by atoms with van der Waals surface area (Å²) in [5, 5.41) is 21.6. The lowest BCUT2D eigenvalue weighted by Crippen LogP contribution is -2.53. The molecule has 2 amide bonds. The molecule has 1 aliphatic rings. The lowest BCUT2D eigenvalue weighted by Gasteiger charge is -2.23. The van der Waals surface area contributed by atoms with Gasteiger partial charge in [0, 0.05) is 30.6 Å². The van der Waals surface area contributed by atoms with Crippen molar-refractivity contribution in [3.05, 3.63) is 24.1 Å². The Kier molecular flexibility index (Phi) is 6.75. The van der Waals surface area contributed by atoms with E-state index in [1.807, 2.05) is 0 Å². The van der Waals surface area contributed by atoms with E-state index >= 15 is 0 Å². The molecule has 0 aliphatic carbocycles. The largest absolute Gasteiger partial charge is 0.480 e. The number of hydrogen-bond acceptors (Lipinski definition) is 6. The molecule has 3 unspecified atom stereocenters. The molecular formula is C12H15N3O7S. The molecule has 11 heteroatoms. The predicted molar refractivity (Wildman–Crippen MR) is 78.2 cm³/mol. The summed E-state index contributed by atoms with van der Waals surface area (Å²) in [4.78, 5) is 45.7. The van der Waals surface area contributed by atoms with Gasteiger partial charge in [0.15, 0.2) is 0 Å². The number of amides is 2. The van der Waals surface area contributed by atoms with Crippen LogP contribution in [-0.4, -0.2) is 68.2 Å². The van der Waals surface area contributed by atoms with Gasteiger partial charge in [-0.15, -0.1) is 0 Å². The van der Waals surface area contributed by atoms with Crippen LogP contribution in [0.1, 0.15) is 0 Å². The number of carbonyl (C=O) groups excluding carboxylic acids is 2. The van der Waals surface area contributed by atoms with Crippen LogP contribution in [0.5, 0.6) is 0 Å². The van der Waals surface area contributed by atoms with E-state index in [9.17, 15) is 23.4 Å². The molecule has 0 fully saturated rings. The minimum absolute atomic E-state index is 0.275. The molecule has 0 saturated heterocycles. The first-order valence-corrected chi connectivity index (χ1v) is 7.50. The summed E-state index contributed by atoms with van der Waals surface area (Å²) in [6.45, 7) is 2.60. The highest BCUT2D eigenvalue weighted by Crippen LogP contribution is 2.09. The maximum atomic E-state index is 11.5. The van der Waals surface area contributed by atoms with Crippen LogP contribution in [0.15, 0.2) is 24.1 Å². The fourth-order valence-electron chi connectivity index (χ4n) is 1.74. The van der Waals surface area contributed by atoms with Crippen molar-refractivity contribution in [3.63, 3.8) is 0 Å². The molecule has 1 heterocycles. The number of nitrogens with zero attached hydrogens (tertiary/aromatic N) is 1. The van der Waals surface area contributed by atoms with Crippen LogP contribution >= 0.6 is 0 Å². The van der Waals surface area contributed by atoms with Crippen molar-refractivity contribution in [1.29, 1.82) is 0 Å². The van der Waals surface area contributed by atoms with E-state index in [1.165, 1.54) is 0 Å². The highest BCUT2D eigenvalue weighted by Gasteiger charge is 2.35. The number of aliphatic carboxylic acids is 2. The Balaban J connectivity index is 2.65. The maximum Gasteiger partial charge on any atom is 0.328 e. The van der Waals surface area contributed by atoms with Gasteiger partial charge in [-0.05, 0) is 0 Å². The Morgan fingerprint density at radius 1 is 1.22 bits per heavy atom. The van der Waals surface area contributed by atoms with Gasteiger partial charge >= 0.3 is 11.9 Å². The van der Waals surface area contributed by atoms with E-state index in [-0.39, 0.29) is 13.1 Å². The minimum Gasteiger partial charge on any atom is -0.480 e. The van der Waals surface area contributed by atoms with Gasteiger partial charge in [0.1, 0.15) is 23.1 Å². The number of nitrogens with one attached hydrogen (secondary N) is 2. The minimum atomic E-state index is -1.77. The molecule has 0 spiro atoms. The number of carboxylic acid groups (broad SMARTS) is 2. The summed E-state index contributed by atoms with van der Waals surface area (Å²) in [6, 6.07) is -2.75. The smallest absolute Gasteiger partial charge is 0.328 e. The Bertz CT molecular complexity index is 571. The summed E-state index contributed by atoms with van der Waals surface area (Å²) in [6.07, 6.45) is 1.90. The van der Waals surface area contributed by atoms with Crippen molar-refractivity contribution < 1.29 is 33.6 Å². The Hall–Kier alpha value is -2.37. The average Bonchev–Trinajstić information content (AvgIpc) is 2.81. The van der Waals surface area contributed by atoms with Crippen LogP contribution in [-0.2, 0) is 30.2 Å². The van der Waals surface area contributed by atoms with Gasteiger partial charge in [0.25, 0.3) is 11.8 Å². The van der Waals surface area contributed by atoms with Crippen molar-refractivity contribution in [2.45, 2.75) is 12.1 Å². The normalized spacial score (nSPS) is 17.8. The first-order chi connectivity index (χ1) is 10.8. The Labute approximate surface area is 133 Å². The van der Waals surface area contributed by atoms with E-state index in [0.29, 0.717) is 4.90 Å². The maximum absolute atomic E-state index is 11.5. The predicted octanol–water partition coefficient (Wildman–Crippen LogP) is -2.20. The lowest BCUT2D eigenvalue weighted by atomic mass is 10.2. The number of carbonyl (C=O) groups is 4. The molecule has 0 saturated carbocycles. The van der Waals surface area contributed by atoms with E-state index in [0.717, 1.165) is 17.6 Å². The van der Waals surface area contributed by atoms with Gasteiger partial charge in [0.2, 0.25) is 0 Å². The fraction of sp³-hybridized carbons (Fsp3) is 0.333. The van der Waals surface area contributed by atoms with E-state index in [2.05, 4.69) is 16.6 Å². The second kappa shape index (κ2) is 8.31. The number of rotatable bonds is 10. The van der Waals surface area contributed by atoms with Gasteiger partial charge in [-0.1, -0.05) is 6.58 Å². The van der Waals surface area contributed by atoms with Gasteiger partial charge in [-0.2, -0.15) is 0 Å². The Morgan fingerprint density at radius 3 is 2.22 bits per heavy atom. The van der Waals surface area contributed by atoms with Crippen LogP contribution in [0.2, 0.25) is 0 Å². The molecule has 1 rings (SSSR count). The van der Waals surface area contributed by atoms with E-state index in [4.69, 9.17) is 10.2 Å². The van der Waals surface area contributed by atoms with Gasteiger partial charge < -0.3 is 15.5 Å². The summed E-state index contributed by atoms with van der Waals surface area (Å²) in [7, 11) is -1.77. The van der Waals surface area contributed by atoms with Crippen LogP contribution in [0.25, 0.3) is 0 Å². The SMILES string of the molecule is C=CS(=O)NC(CNCC(C(=O)O)N1C(=O)C=CC1=O)C(=O)O. The molecule has 0 bridgehead atoms. The molecule has 0 radical (unpaired) electrons. The lowest BCUT2D eigenvalue weighted by molar-refractivity contribution is -0.153. The molecule has 0 aromatic carbocycles. The molecule has 1 aliphatic heterocycles. The highest BCUT2D eigenvalue weighted by atomic mass is 32.2. The van der Waals surface area contributed by atoms with Crippen LogP contribution in [0.3, 0.4) is 0 Å². The molecule has 3 atom stereocenters. The first-order valence-electron chi connectivity index (χ1n) is 6.28. The first kappa shape index (κ1) is 18.7. The molecule has 0 aromatic heterocycles. The number of hydrogen-bond donors (Lipinski definition) is 4. The molecular weight excluding hydrogens is 330 g/mol. The zero-order chi connectivity index (χ0) is 17.6. The van der Waals surface area contributed by atoms with Crippen molar-refractivity contribution in [3.8, 4) is 0 Å².